The van der Waals surface area contributed by atoms with Crippen molar-refractivity contribution in [3.63, 3.8) is 0 Å². The van der Waals surface area contributed by atoms with Gasteiger partial charge in [0, 0.05) is 36.8 Å². The van der Waals surface area contributed by atoms with E-state index in [0.29, 0.717) is 36.8 Å². The average Bonchev–Trinajstić information content (AvgIpc) is 3.10. The highest BCUT2D eigenvalue weighted by Gasteiger charge is 2.31. The molecule has 0 spiro atoms. The number of pyridine rings is 1. The Morgan fingerprint density at radius 1 is 1.32 bits per heavy atom. The number of benzene rings is 1. The number of rotatable bonds is 5. The van der Waals surface area contributed by atoms with Crippen LogP contribution in [0, 0.1) is 6.92 Å². The monoisotopic (exact) mass is 411 g/mol. The van der Waals surface area contributed by atoms with E-state index in [9.17, 15) is 18.0 Å². The summed E-state index contributed by atoms with van der Waals surface area (Å²) in [5, 5.41) is 3.70. The molecule has 1 aliphatic rings. The molecule has 1 N–H and O–H groups in total. The van der Waals surface area contributed by atoms with Crippen LogP contribution in [0.25, 0.3) is 0 Å². The number of halogens is 4. The second kappa shape index (κ2) is 8.39. The van der Waals surface area contributed by atoms with E-state index in [2.05, 4.69) is 10.3 Å². The number of nitrogens with zero attached hydrogens (tertiary/aromatic N) is 2. The van der Waals surface area contributed by atoms with E-state index < -0.39 is 11.7 Å². The molecule has 8 heteroatoms. The number of carbonyl (C=O) groups is 1. The topological polar surface area (TPSA) is 45.2 Å². The molecular formula is C20H21ClF3N3O. The molecule has 1 atom stereocenters. The summed E-state index contributed by atoms with van der Waals surface area (Å²) in [4.78, 5) is 18.0. The fraction of sp³-hybridized carbons (Fsp3) is 0.400. The quantitative estimate of drug-likeness (QED) is 0.793. The number of alkyl halides is 3. The second-order valence-corrected chi connectivity index (χ2v) is 7.39. The minimum absolute atomic E-state index is 0.0384. The van der Waals surface area contributed by atoms with Gasteiger partial charge in [-0.2, -0.15) is 13.2 Å². The van der Waals surface area contributed by atoms with Crippen molar-refractivity contribution in [2.75, 3.05) is 18.0 Å². The van der Waals surface area contributed by atoms with Crippen LogP contribution in [0.15, 0.2) is 36.5 Å². The van der Waals surface area contributed by atoms with Crippen molar-refractivity contribution in [3.8, 4) is 0 Å². The number of aromatic nitrogens is 1. The zero-order chi connectivity index (χ0) is 20.3. The highest BCUT2D eigenvalue weighted by molar-refractivity contribution is 6.31. The molecule has 2 aromatic rings. The summed E-state index contributed by atoms with van der Waals surface area (Å²) in [6.07, 6.45) is -1.82. The molecule has 0 aliphatic carbocycles. The fourth-order valence-corrected chi connectivity index (χ4v) is 3.36. The molecule has 1 unspecified atom stereocenters. The van der Waals surface area contributed by atoms with Crippen LogP contribution >= 0.6 is 11.6 Å². The van der Waals surface area contributed by atoms with Crippen LogP contribution in [0.3, 0.4) is 0 Å². The van der Waals surface area contributed by atoms with E-state index in [-0.39, 0.29) is 11.9 Å². The molecule has 3 rings (SSSR count). The van der Waals surface area contributed by atoms with Gasteiger partial charge in [-0.25, -0.2) is 4.98 Å². The first kappa shape index (κ1) is 20.5. The third-order valence-corrected chi connectivity index (χ3v) is 5.24. The molecule has 150 valence electrons. The molecule has 1 aliphatic heterocycles. The van der Waals surface area contributed by atoms with Gasteiger partial charge in [-0.3, -0.25) is 4.79 Å². The molecule has 4 nitrogen and oxygen atoms in total. The first-order chi connectivity index (χ1) is 13.2. The number of hydrogen-bond donors (Lipinski definition) is 1. The minimum atomic E-state index is -4.39. The smallest absolute Gasteiger partial charge is 0.354 e. The van der Waals surface area contributed by atoms with E-state index in [4.69, 9.17) is 11.6 Å². The van der Waals surface area contributed by atoms with Crippen LogP contribution in [-0.4, -0.2) is 30.0 Å². The van der Waals surface area contributed by atoms with Crippen LogP contribution in [0.1, 0.15) is 29.5 Å². The third kappa shape index (κ3) is 5.16. The van der Waals surface area contributed by atoms with Crippen molar-refractivity contribution in [3.05, 3.63) is 58.2 Å². The van der Waals surface area contributed by atoms with Crippen molar-refractivity contribution in [1.82, 2.24) is 10.3 Å². The summed E-state index contributed by atoms with van der Waals surface area (Å²) in [5.74, 6) is 0.446. The Labute approximate surface area is 166 Å². The molecular weight excluding hydrogens is 391 g/mol. The van der Waals surface area contributed by atoms with Gasteiger partial charge in [0.15, 0.2) is 0 Å². The Morgan fingerprint density at radius 2 is 2.11 bits per heavy atom. The van der Waals surface area contributed by atoms with Crippen molar-refractivity contribution < 1.29 is 18.0 Å². The van der Waals surface area contributed by atoms with E-state index in [1.165, 1.54) is 6.07 Å². The molecule has 0 saturated carbocycles. The maximum Gasteiger partial charge on any atom is 0.417 e. The number of hydrogen-bond acceptors (Lipinski definition) is 3. The summed E-state index contributed by atoms with van der Waals surface area (Å²) in [6, 6.07) is 8.08. The Bertz CT molecular complexity index is 840. The predicted octanol–water partition coefficient (Wildman–Crippen LogP) is 4.39. The lowest BCUT2D eigenvalue weighted by atomic mass is 10.1. The third-order valence-electron chi connectivity index (χ3n) is 4.82. The van der Waals surface area contributed by atoms with Crippen molar-refractivity contribution in [2.45, 2.75) is 38.4 Å². The zero-order valence-corrected chi connectivity index (χ0v) is 16.1. The largest absolute Gasteiger partial charge is 0.417 e. The highest BCUT2D eigenvalue weighted by Crippen LogP contribution is 2.30. The average molecular weight is 412 g/mol. The number of amides is 1. The van der Waals surface area contributed by atoms with Crippen molar-refractivity contribution in [1.29, 1.82) is 0 Å². The van der Waals surface area contributed by atoms with Crippen LogP contribution < -0.4 is 10.2 Å². The number of nitrogens with one attached hydrogen (secondary N) is 1. The maximum atomic E-state index is 12.6. The summed E-state index contributed by atoms with van der Waals surface area (Å²) in [6.45, 7) is 3.10. The summed E-state index contributed by atoms with van der Waals surface area (Å²) in [5.41, 5.74) is 1.27. The number of aryl methyl sites for hydroxylation is 2. The first-order valence-electron chi connectivity index (χ1n) is 9.05. The molecule has 1 fully saturated rings. The summed E-state index contributed by atoms with van der Waals surface area (Å²) >= 11 is 6.01. The van der Waals surface area contributed by atoms with Gasteiger partial charge < -0.3 is 10.2 Å². The van der Waals surface area contributed by atoms with E-state index >= 15 is 0 Å². The molecule has 28 heavy (non-hydrogen) atoms. The molecule has 1 amide bonds. The van der Waals surface area contributed by atoms with E-state index in [1.807, 2.05) is 30.0 Å². The molecule has 0 radical (unpaired) electrons. The van der Waals surface area contributed by atoms with Crippen molar-refractivity contribution in [2.24, 2.45) is 0 Å². The lowest BCUT2D eigenvalue weighted by Crippen LogP contribution is -2.37. The maximum absolute atomic E-state index is 12.6. The van der Waals surface area contributed by atoms with Gasteiger partial charge in [-0.15, -0.1) is 0 Å². The van der Waals surface area contributed by atoms with E-state index in [0.717, 1.165) is 29.8 Å². The zero-order valence-electron chi connectivity index (χ0n) is 15.4. The Balaban J connectivity index is 1.48. The number of carbonyl (C=O) groups excluding carboxylic acids is 1. The van der Waals surface area contributed by atoms with Gasteiger partial charge in [0.05, 0.1) is 5.56 Å². The van der Waals surface area contributed by atoms with Gasteiger partial charge in [-0.05, 0) is 49.1 Å². The standard InChI is InChI=1S/C20H21ClF3N3O/c1-13-10-14(2-5-17(13)21)3-7-19(28)26-16-8-9-27(12-16)18-6-4-15(11-25-18)20(22,23)24/h2,4-6,10-11,16H,3,7-9,12H2,1H3,(H,26,28). The van der Waals surface area contributed by atoms with Gasteiger partial charge in [0.1, 0.15) is 5.82 Å². The Kier molecular flexibility index (Phi) is 6.13. The molecule has 0 bridgehead atoms. The van der Waals surface area contributed by atoms with Crippen LogP contribution in [-0.2, 0) is 17.4 Å². The van der Waals surface area contributed by atoms with Crippen LogP contribution in [0.2, 0.25) is 5.02 Å². The molecule has 2 heterocycles. The fourth-order valence-electron chi connectivity index (χ4n) is 3.25. The second-order valence-electron chi connectivity index (χ2n) is 6.99. The molecule has 1 aromatic carbocycles. The molecule has 1 aromatic heterocycles. The Hall–Kier alpha value is -2.28. The SMILES string of the molecule is Cc1cc(CCC(=O)NC2CCN(c3ccc(C(F)(F)F)cn3)C2)ccc1Cl. The first-order valence-corrected chi connectivity index (χ1v) is 9.43. The summed E-state index contributed by atoms with van der Waals surface area (Å²) < 4.78 is 37.9. The Morgan fingerprint density at radius 3 is 2.75 bits per heavy atom. The predicted molar refractivity (Wildman–Crippen MR) is 103 cm³/mol. The van der Waals surface area contributed by atoms with Gasteiger partial charge in [-0.1, -0.05) is 23.7 Å². The summed E-state index contributed by atoms with van der Waals surface area (Å²) in [7, 11) is 0. The normalized spacial score (nSPS) is 17.0. The lowest BCUT2D eigenvalue weighted by Gasteiger charge is -2.18. The molecule has 1 saturated heterocycles. The lowest BCUT2D eigenvalue weighted by molar-refractivity contribution is -0.137. The minimum Gasteiger partial charge on any atom is -0.354 e. The highest BCUT2D eigenvalue weighted by atomic mass is 35.5. The van der Waals surface area contributed by atoms with Crippen LogP contribution in [0.4, 0.5) is 19.0 Å². The van der Waals surface area contributed by atoms with Crippen molar-refractivity contribution >= 4 is 23.3 Å². The van der Waals surface area contributed by atoms with Gasteiger partial charge in [0.25, 0.3) is 0 Å². The van der Waals surface area contributed by atoms with Crippen LogP contribution in [0.5, 0.6) is 0 Å². The van der Waals surface area contributed by atoms with Gasteiger partial charge >= 0.3 is 6.18 Å². The number of anilines is 1. The van der Waals surface area contributed by atoms with E-state index in [1.54, 1.807) is 0 Å². The van der Waals surface area contributed by atoms with Gasteiger partial charge in [0.2, 0.25) is 5.91 Å².